The zero-order valence-electron chi connectivity index (χ0n) is 10.9. The first-order chi connectivity index (χ1) is 9.92. The van der Waals surface area contributed by atoms with Crippen molar-refractivity contribution in [2.24, 2.45) is 0 Å². The Morgan fingerprint density at radius 1 is 0.550 bits per heavy atom. The normalized spacial score (nSPS) is 11.6. The Morgan fingerprint density at radius 3 is 1.45 bits per heavy atom. The topological polar surface area (TPSA) is 0 Å². The van der Waals surface area contributed by atoms with E-state index >= 15 is 0 Å². The molecule has 3 aromatic rings. The molecule has 0 aliphatic carbocycles. The van der Waals surface area contributed by atoms with Crippen LogP contribution in [0.1, 0.15) is 20.9 Å². The quantitative estimate of drug-likeness (QED) is 0.541. The van der Waals surface area contributed by atoms with E-state index < -0.39 is 0 Å². The van der Waals surface area contributed by atoms with E-state index in [9.17, 15) is 0 Å². The standard InChI is InChI=1S/C18H14S2/c1-2-6-16(10-12-18-8-4-14-20-18)15(5-1)9-11-17-7-3-13-19-17/h1-14H/b11-9-,12-10-. The third-order valence-corrected chi connectivity index (χ3v) is 4.61. The number of benzene rings is 1. The predicted molar refractivity (Wildman–Crippen MR) is 92.9 cm³/mol. The molecule has 0 aliphatic rings. The molecule has 0 nitrogen and oxygen atoms in total. The Hall–Kier alpha value is -1.90. The van der Waals surface area contributed by atoms with Crippen LogP contribution in [-0.2, 0) is 0 Å². The van der Waals surface area contributed by atoms with E-state index in [1.54, 1.807) is 22.7 Å². The molecule has 0 atom stereocenters. The minimum atomic E-state index is 1.24. The third kappa shape index (κ3) is 3.35. The molecule has 2 heterocycles. The largest absolute Gasteiger partial charge is 0.144 e. The van der Waals surface area contributed by atoms with Gasteiger partial charge in [0, 0.05) is 9.75 Å². The highest BCUT2D eigenvalue weighted by Crippen LogP contribution is 2.19. The minimum absolute atomic E-state index is 1.24. The Labute approximate surface area is 127 Å². The van der Waals surface area contributed by atoms with Gasteiger partial charge in [-0.1, -0.05) is 48.6 Å². The van der Waals surface area contributed by atoms with Crippen LogP contribution in [0.4, 0.5) is 0 Å². The highest BCUT2D eigenvalue weighted by molar-refractivity contribution is 7.11. The van der Waals surface area contributed by atoms with Crippen molar-refractivity contribution in [3.63, 3.8) is 0 Å². The molecule has 0 fully saturated rings. The Kier molecular flexibility index (Phi) is 4.26. The SMILES string of the molecule is C(=C/c1ccccc1/C=C\c1cccs1)/c1cccs1. The van der Waals surface area contributed by atoms with E-state index in [-0.39, 0.29) is 0 Å². The summed E-state index contributed by atoms with van der Waals surface area (Å²) < 4.78 is 0. The van der Waals surface area contributed by atoms with Crippen molar-refractivity contribution in [1.82, 2.24) is 0 Å². The average molecular weight is 294 g/mol. The molecule has 2 aromatic heterocycles. The molecule has 0 unspecified atom stereocenters. The fourth-order valence-electron chi connectivity index (χ4n) is 1.93. The fourth-order valence-corrected chi connectivity index (χ4v) is 3.17. The summed E-state index contributed by atoms with van der Waals surface area (Å²) in [5, 5.41) is 4.20. The molecule has 98 valence electrons. The lowest BCUT2D eigenvalue weighted by Gasteiger charge is -1.99. The Morgan fingerprint density at radius 2 is 1.05 bits per heavy atom. The van der Waals surface area contributed by atoms with Crippen LogP contribution < -0.4 is 0 Å². The minimum Gasteiger partial charge on any atom is -0.144 e. The molecule has 0 saturated carbocycles. The van der Waals surface area contributed by atoms with Gasteiger partial charge in [0.15, 0.2) is 0 Å². The van der Waals surface area contributed by atoms with Crippen LogP contribution in [0.2, 0.25) is 0 Å². The summed E-state index contributed by atoms with van der Waals surface area (Å²) in [4.78, 5) is 2.56. The van der Waals surface area contributed by atoms with Gasteiger partial charge in [0.2, 0.25) is 0 Å². The lowest BCUT2D eigenvalue weighted by atomic mass is 10.1. The van der Waals surface area contributed by atoms with Crippen molar-refractivity contribution in [2.45, 2.75) is 0 Å². The molecule has 1 aromatic carbocycles. The maximum atomic E-state index is 2.18. The first-order valence-electron chi connectivity index (χ1n) is 6.44. The number of rotatable bonds is 4. The van der Waals surface area contributed by atoms with Crippen molar-refractivity contribution in [3.05, 3.63) is 80.2 Å². The van der Waals surface area contributed by atoms with Gasteiger partial charge in [-0.25, -0.2) is 0 Å². The van der Waals surface area contributed by atoms with Crippen molar-refractivity contribution < 1.29 is 0 Å². The average Bonchev–Trinajstić information content (AvgIpc) is 3.17. The van der Waals surface area contributed by atoms with E-state index in [2.05, 4.69) is 83.6 Å². The summed E-state index contributed by atoms with van der Waals surface area (Å²) in [5.41, 5.74) is 2.49. The number of thiophene rings is 2. The van der Waals surface area contributed by atoms with Gasteiger partial charge in [-0.2, -0.15) is 0 Å². The summed E-state index contributed by atoms with van der Waals surface area (Å²) in [6, 6.07) is 16.9. The first-order valence-corrected chi connectivity index (χ1v) is 8.20. The number of hydrogen-bond donors (Lipinski definition) is 0. The molecule has 2 heteroatoms. The molecule has 0 aliphatic heterocycles. The van der Waals surface area contributed by atoms with E-state index in [1.807, 2.05) is 0 Å². The van der Waals surface area contributed by atoms with Crippen LogP contribution in [-0.4, -0.2) is 0 Å². The van der Waals surface area contributed by atoms with Gasteiger partial charge < -0.3 is 0 Å². The Balaban J connectivity index is 1.85. The van der Waals surface area contributed by atoms with Crippen LogP contribution in [0, 0.1) is 0 Å². The van der Waals surface area contributed by atoms with E-state index in [1.165, 1.54) is 20.9 Å². The van der Waals surface area contributed by atoms with Crippen molar-refractivity contribution >= 4 is 47.0 Å². The van der Waals surface area contributed by atoms with Gasteiger partial charge in [-0.05, 0) is 46.2 Å². The third-order valence-electron chi connectivity index (χ3n) is 2.94. The zero-order chi connectivity index (χ0) is 13.6. The summed E-state index contributed by atoms with van der Waals surface area (Å²) in [6.07, 6.45) is 8.70. The second-order valence-electron chi connectivity index (χ2n) is 4.33. The van der Waals surface area contributed by atoms with Gasteiger partial charge in [0.1, 0.15) is 0 Å². The van der Waals surface area contributed by atoms with Crippen LogP contribution in [0.25, 0.3) is 24.3 Å². The molecule has 0 amide bonds. The lowest BCUT2D eigenvalue weighted by molar-refractivity contribution is 1.62. The van der Waals surface area contributed by atoms with E-state index in [0.717, 1.165) is 0 Å². The molecule has 0 bridgehead atoms. The summed E-state index contributed by atoms with van der Waals surface area (Å²) in [6.45, 7) is 0. The molecular formula is C18H14S2. The highest BCUT2D eigenvalue weighted by atomic mass is 32.1. The molecule has 0 spiro atoms. The van der Waals surface area contributed by atoms with Crippen LogP contribution in [0.3, 0.4) is 0 Å². The summed E-state index contributed by atoms with van der Waals surface area (Å²) in [5.74, 6) is 0. The molecule has 20 heavy (non-hydrogen) atoms. The smallest absolute Gasteiger partial charge is 0.0270 e. The van der Waals surface area contributed by atoms with Gasteiger partial charge in [0.05, 0.1) is 0 Å². The maximum Gasteiger partial charge on any atom is 0.0270 e. The van der Waals surface area contributed by atoms with E-state index in [0.29, 0.717) is 0 Å². The van der Waals surface area contributed by atoms with Crippen LogP contribution in [0.15, 0.2) is 59.3 Å². The zero-order valence-corrected chi connectivity index (χ0v) is 12.5. The van der Waals surface area contributed by atoms with Crippen molar-refractivity contribution in [3.8, 4) is 0 Å². The molecule has 0 saturated heterocycles. The first kappa shape index (κ1) is 13.1. The molecule has 0 radical (unpaired) electrons. The fraction of sp³-hybridized carbons (Fsp3) is 0. The molecular weight excluding hydrogens is 280 g/mol. The lowest BCUT2D eigenvalue weighted by Crippen LogP contribution is -1.78. The van der Waals surface area contributed by atoms with Crippen molar-refractivity contribution in [2.75, 3.05) is 0 Å². The second-order valence-corrected chi connectivity index (χ2v) is 6.28. The van der Waals surface area contributed by atoms with E-state index in [4.69, 9.17) is 0 Å². The van der Waals surface area contributed by atoms with Crippen LogP contribution in [0.5, 0.6) is 0 Å². The van der Waals surface area contributed by atoms with Gasteiger partial charge in [0.25, 0.3) is 0 Å². The summed E-state index contributed by atoms with van der Waals surface area (Å²) >= 11 is 3.51. The van der Waals surface area contributed by atoms with Gasteiger partial charge in [-0.3, -0.25) is 0 Å². The number of hydrogen-bond acceptors (Lipinski definition) is 2. The van der Waals surface area contributed by atoms with Crippen molar-refractivity contribution in [1.29, 1.82) is 0 Å². The van der Waals surface area contributed by atoms with Crippen LogP contribution >= 0.6 is 22.7 Å². The summed E-state index contributed by atoms with van der Waals surface area (Å²) in [7, 11) is 0. The Bertz CT molecular complexity index is 638. The van der Waals surface area contributed by atoms with Gasteiger partial charge >= 0.3 is 0 Å². The molecule has 0 N–H and O–H groups in total. The molecule has 3 rings (SSSR count). The second kappa shape index (κ2) is 6.51. The predicted octanol–water partition coefficient (Wildman–Crippen LogP) is 6.15. The maximum absolute atomic E-state index is 2.18. The highest BCUT2D eigenvalue weighted by Gasteiger charge is 1.95. The monoisotopic (exact) mass is 294 g/mol. The van der Waals surface area contributed by atoms with Gasteiger partial charge in [-0.15, -0.1) is 22.7 Å².